The molecule has 1 N–H and O–H groups in total. The highest BCUT2D eigenvalue weighted by atomic mass is 15.3. The molecule has 0 aliphatic heterocycles. The molecule has 1 saturated carbocycles. The number of aromatic nitrogens is 2. The fourth-order valence-electron chi connectivity index (χ4n) is 2.30. The Morgan fingerprint density at radius 2 is 1.75 bits per heavy atom. The second-order valence-corrected chi connectivity index (χ2v) is 6.73. The van der Waals surface area contributed by atoms with Crippen LogP contribution in [0.3, 0.4) is 0 Å². The Morgan fingerprint density at radius 1 is 1.10 bits per heavy atom. The van der Waals surface area contributed by atoms with Crippen LogP contribution in [0.25, 0.3) is 0 Å². The van der Waals surface area contributed by atoms with E-state index in [4.69, 9.17) is 0 Å². The minimum Gasteiger partial charge on any atom is -0.355 e. The molecule has 1 aromatic rings. The van der Waals surface area contributed by atoms with Crippen LogP contribution in [0.5, 0.6) is 0 Å². The zero-order valence-corrected chi connectivity index (χ0v) is 13.3. The Hall–Kier alpha value is -1.16. The van der Waals surface area contributed by atoms with Crippen LogP contribution in [0.15, 0.2) is 12.1 Å². The van der Waals surface area contributed by atoms with Gasteiger partial charge in [0.15, 0.2) is 5.82 Å². The Bertz CT molecular complexity index is 385. The van der Waals surface area contributed by atoms with Crippen molar-refractivity contribution in [1.82, 2.24) is 15.5 Å². The number of hydrogen-bond acceptors (Lipinski definition) is 4. The van der Waals surface area contributed by atoms with Crippen molar-refractivity contribution in [3.8, 4) is 0 Å². The maximum atomic E-state index is 4.42. The first-order chi connectivity index (χ1) is 9.54. The lowest BCUT2D eigenvalue weighted by molar-refractivity contribution is 0.546. The molecule has 1 heterocycles. The molecule has 112 valence electrons. The van der Waals surface area contributed by atoms with Crippen molar-refractivity contribution in [3.63, 3.8) is 0 Å². The topological polar surface area (TPSA) is 41.0 Å². The van der Waals surface area contributed by atoms with Crippen molar-refractivity contribution in [3.05, 3.63) is 17.8 Å². The molecule has 0 unspecified atom stereocenters. The van der Waals surface area contributed by atoms with Gasteiger partial charge in [-0.2, -0.15) is 5.10 Å². The molecule has 1 aliphatic rings. The van der Waals surface area contributed by atoms with Crippen molar-refractivity contribution in [2.45, 2.75) is 53.1 Å². The van der Waals surface area contributed by atoms with Crippen LogP contribution in [0.4, 0.5) is 5.82 Å². The van der Waals surface area contributed by atoms with Crippen LogP contribution in [0.1, 0.15) is 46.2 Å². The van der Waals surface area contributed by atoms with Gasteiger partial charge in [0, 0.05) is 25.7 Å². The first-order valence-corrected chi connectivity index (χ1v) is 7.85. The van der Waals surface area contributed by atoms with Crippen molar-refractivity contribution in [2.75, 3.05) is 18.0 Å². The predicted octanol–water partition coefficient (Wildman–Crippen LogP) is 2.85. The molecule has 4 nitrogen and oxygen atoms in total. The maximum Gasteiger partial charge on any atom is 0.151 e. The minimum absolute atomic E-state index is 0.631. The molecule has 1 aromatic heterocycles. The van der Waals surface area contributed by atoms with Crippen LogP contribution in [0, 0.1) is 11.8 Å². The van der Waals surface area contributed by atoms with E-state index in [1.807, 2.05) is 0 Å². The summed E-state index contributed by atoms with van der Waals surface area (Å²) in [5, 5.41) is 12.2. The summed E-state index contributed by atoms with van der Waals surface area (Å²) in [5.41, 5.74) is 1.04. The van der Waals surface area contributed by atoms with Crippen LogP contribution in [0.2, 0.25) is 0 Å². The smallest absolute Gasteiger partial charge is 0.151 e. The molecule has 0 spiro atoms. The van der Waals surface area contributed by atoms with E-state index in [0.717, 1.165) is 37.2 Å². The fraction of sp³-hybridized carbons (Fsp3) is 0.750. The number of nitrogens with zero attached hydrogens (tertiary/aromatic N) is 3. The number of nitrogens with one attached hydrogen (secondary N) is 1. The molecule has 0 saturated heterocycles. The van der Waals surface area contributed by atoms with Gasteiger partial charge < -0.3 is 10.2 Å². The Labute approximate surface area is 123 Å². The third-order valence-electron chi connectivity index (χ3n) is 3.35. The SMILES string of the molecule is CC(C)CN(CC(C)C)c1ccc(CNC2CC2)nn1. The Morgan fingerprint density at radius 3 is 2.20 bits per heavy atom. The first-order valence-electron chi connectivity index (χ1n) is 7.85. The van der Waals surface area contributed by atoms with E-state index < -0.39 is 0 Å². The van der Waals surface area contributed by atoms with Crippen molar-refractivity contribution < 1.29 is 0 Å². The van der Waals surface area contributed by atoms with E-state index >= 15 is 0 Å². The summed E-state index contributed by atoms with van der Waals surface area (Å²) in [7, 11) is 0. The highest BCUT2D eigenvalue weighted by Crippen LogP contribution is 2.19. The van der Waals surface area contributed by atoms with Gasteiger partial charge in [-0.05, 0) is 36.8 Å². The summed E-state index contributed by atoms with van der Waals surface area (Å²) in [6.45, 7) is 11.9. The van der Waals surface area contributed by atoms with Gasteiger partial charge in [0.1, 0.15) is 0 Å². The average Bonchev–Trinajstić information content (AvgIpc) is 3.19. The van der Waals surface area contributed by atoms with Crippen LogP contribution >= 0.6 is 0 Å². The van der Waals surface area contributed by atoms with Gasteiger partial charge in [-0.15, -0.1) is 5.10 Å². The van der Waals surface area contributed by atoms with Gasteiger partial charge >= 0.3 is 0 Å². The quantitative estimate of drug-likeness (QED) is 0.792. The Kier molecular flexibility index (Phi) is 5.35. The maximum absolute atomic E-state index is 4.42. The standard InChI is InChI=1S/C16H28N4/c1-12(2)10-20(11-13(3)4)16-8-7-15(18-19-16)9-17-14-5-6-14/h7-8,12-14,17H,5-6,9-11H2,1-4H3. The second-order valence-electron chi connectivity index (χ2n) is 6.73. The van der Waals surface area contributed by atoms with Crippen LogP contribution in [-0.2, 0) is 6.54 Å². The minimum atomic E-state index is 0.631. The zero-order valence-electron chi connectivity index (χ0n) is 13.3. The third-order valence-corrected chi connectivity index (χ3v) is 3.35. The molecular formula is C16H28N4. The molecule has 20 heavy (non-hydrogen) atoms. The van der Waals surface area contributed by atoms with Crippen molar-refractivity contribution >= 4 is 5.82 Å². The van der Waals surface area contributed by atoms with Crippen LogP contribution < -0.4 is 10.2 Å². The molecular weight excluding hydrogens is 248 g/mol. The van der Waals surface area contributed by atoms with Gasteiger partial charge in [-0.3, -0.25) is 0 Å². The van der Waals surface area contributed by atoms with E-state index in [1.54, 1.807) is 0 Å². The fourth-order valence-corrected chi connectivity index (χ4v) is 2.30. The number of anilines is 1. The van der Waals surface area contributed by atoms with Gasteiger partial charge in [-0.25, -0.2) is 0 Å². The van der Waals surface area contributed by atoms with Gasteiger partial charge in [0.2, 0.25) is 0 Å². The van der Waals surface area contributed by atoms with Crippen molar-refractivity contribution in [2.24, 2.45) is 11.8 Å². The highest BCUT2D eigenvalue weighted by Gasteiger charge is 2.20. The predicted molar refractivity (Wildman–Crippen MR) is 83.8 cm³/mol. The number of hydrogen-bond donors (Lipinski definition) is 1. The molecule has 0 atom stereocenters. The summed E-state index contributed by atoms with van der Waals surface area (Å²) in [5.74, 6) is 2.26. The van der Waals surface area contributed by atoms with E-state index in [1.165, 1.54) is 12.8 Å². The van der Waals surface area contributed by atoms with Gasteiger partial charge in [0.05, 0.1) is 5.69 Å². The lowest BCUT2D eigenvalue weighted by Crippen LogP contribution is -2.32. The lowest BCUT2D eigenvalue weighted by Gasteiger charge is -2.27. The number of rotatable bonds is 8. The zero-order chi connectivity index (χ0) is 14.5. The van der Waals surface area contributed by atoms with E-state index in [2.05, 4.69) is 60.2 Å². The largest absolute Gasteiger partial charge is 0.355 e. The lowest BCUT2D eigenvalue weighted by atomic mass is 10.1. The average molecular weight is 276 g/mol. The van der Waals surface area contributed by atoms with E-state index in [-0.39, 0.29) is 0 Å². The van der Waals surface area contributed by atoms with Gasteiger partial charge in [0.25, 0.3) is 0 Å². The monoisotopic (exact) mass is 276 g/mol. The molecule has 1 aliphatic carbocycles. The van der Waals surface area contributed by atoms with E-state index in [0.29, 0.717) is 11.8 Å². The van der Waals surface area contributed by atoms with Crippen molar-refractivity contribution in [1.29, 1.82) is 0 Å². The van der Waals surface area contributed by atoms with Gasteiger partial charge in [-0.1, -0.05) is 27.7 Å². The molecule has 2 rings (SSSR count). The molecule has 4 heteroatoms. The summed E-state index contributed by atoms with van der Waals surface area (Å²) in [4.78, 5) is 2.35. The normalized spacial score (nSPS) is 15.1. The summed E-state index contributed by atoms with van der Waals surface area (Å²) < 4.78 is 0. The van der Waals surface area contributed by atoms with E-state index in [9.17, 15) is 0 Å². The molecule has 0 amide bonds. The Balaban J connectivity index is 1.96. The first kappa shape index (κ1) is 15.2. The molecule has 0 bridgehead atoms. The van der Waals surface area contributed by atoms with Crippen LogP contribution in [-0.4, -0.2) is 29.3 Å². The summed E-state index contributed by atoms with van der Waals surface area (Å²) >= 11 is 0. The molecule has 1 fully saturated rings. The molecule has 0 radical (unpaired) electrons. The summed E-state index contributed by atoms with van der Waals surface area (Å²) in [6.07, 6.45) is 2.62. The second kappa shape index (κ2) is 7.02. The highest BCUT2D eigenvalue weighted by molar-refractivity contribution is 5.37. The molecule has 0 aromatic carbocycles. The summed E-state index contributed by atoms with van der Waals surface area (Å²) in [6, 6.07) is 4.93. The third kappa shape index (κ3) is 5.08.